The lowest BCUT2D eigenvalue weighted by Crippen LogP contribution is -2.26. The number of benzene rings is 1. The van der Waals surface area contributed by atoms with E-state index in [2.05, 4.69) is 10.3 Å². The molecular formula is C15H17F3N2O3S. The highest BCUT2D eigenvalue weighted by Gasteiger charge is 2.31. The van der Waals surface area contributed by atoms with E-state index in [-0.39, 0.29) is 23.9 Å². The van der Waals surface area contributed by atoms with Crippen LogP contribution in [-0.4, -0.2) is 43.1 Å². The number of methoxy groups -OCH3 is 2. The fraction of sp³-hybridized carbons (Fsp3) is 0.467. The van der Waals surface area contributed by atoms with Crippen molar-refractivity contribution in [2.24, 2.45) is 4.99 Å². The molecule has 1 aromatic rings. The SMILES string of the molecule is COc1ccc2c(c1OC)C(C)=N[C@@H](CCSC(F)(F)F)C(=O)N2. The van der Waals surface area contributed by atoms with Gasteiger partial charge in [0.25, 0.3) is 0 Å². The molecule has 0 aliphatic carbocycles. The Hall–Kier alpha value is -1.90. The molecular weight excluding hydrogens is 345 g/mol. The van der Waals surface area contributed by atoms with E-state index in [9.17, 15) is 18.0 Å². The average molecular weight is 362 g/mol. The van der Waals surface area contributed by atoms with Crippen LogP contribution < -0.4 is 14.8 Å². The molecule has 0 fully saturated rings. The van der Waals surface area contributed by atoms with Crippen LogP contribution in [0.15, 0.2) is 17.1 Å². The first kappa shape index (κ1) is 18.4. The van der Waals surface area contributed by atoms with Gasteiger partial charge in [0.1, 0.15) is 6.04 Å². The number of hydrogen-bond donors (Lipinski definition) is 1. The lowest BCUT2D eigenvalue weighted by molar-refractivity contribution is -0.117. The van der Waals surface area contributed by atoms with Crippen molar-refractivity contribution >= 4 is 29.1 Å². The van der Waals surface area contributed by atoms with Gasteiger partial charge < -0.3 is 14.8 Å². The normalized spacial score (nSPS) is 17.5. The zero-order valence-electron chi connectivity index (χ0n) is 13.4. The molecule has 9 heteroatoms. The van der Waals surface area contributed by atoms with Gasteiger partial charge in [0, 0.05) is 11.5 Å². The van der Waals surface area contributed by atoms with E-state index in [1.807, 2.05) is 0 Å². The van der Waals surface area contributed by atoms with Gasteiger partial charge in [0.05, 0.1) is 25.5 Å². The number of hydrogen-bond acceptors (Lipinski definition) is 5. The molecule has 1 N–H and O–H groups in total. The molecule has 0 saturated carbocycles. The molecule has 0 spiro atoms. The van der Waals surface area contributed by atoms with Crippen molar-refractivity contribution < 1.29 is 27.4 Å². The number of nitrogens with one attached hydrogen (secondary N) is 1. The van der Waals surface area contributed by atoms with Crippen molar-refractivity contribution in [3.8, 4) is 11.5 Å². The number of ether oxygens (including phenoxy) is 2. The fourth-order valence-corrected chi connectivity index (χ4v) is 3.02. The van der Waals surface area contributed by atoms with E-state index in [0.29, 0.717) is 28.5 Å². The molecule has 0 bridgehead atoms. The fourth-order valence-electron chi connectivity index (χ4n) is 2.45. The molecule has 5 nitrogen and oxygen atoms in total. The summed E-state index contributed by atoms with van der Waals surface area (Å²) in [6.45, 7) is 1.69. The topological polar surface area (TPSA) is 59.9 Å². The minimum absolute atomic E-state index is 0.0131. The molecule has 1 aromatic carbocycles. The van der Waals surface area contributed by atoms with Gasteiger partial charge in [-0.05, 0) is 25.5 Å². The Morgan fingerprint density at radius 1 is 1.29 bits per heavy atom. The Morgan fingerprint density at radius 2 is 2.00 bits per heavy atom. The molecule has 1 amide bonds. The van der Waals surface area contributed by atoms with Gasteiger partial charge in [0.15, 0.2) is 11.5 Å². The average Bonchev–Trinajstić information content (AvgIpc) is 2.62. The van der Waals surface area contributed by atoms with Gasteiger partial charge in [-0.25, -0.2) is 0 Å². The zero-order chi connectivity index (χ0) is 17.9. The van der Waals surface area contributed by atoms with Gasteiger partial charge in [-0.15, -0.1) is 0 Å². The minimum atomic E-state index is -4.32. The second kappa shape index (κ2) is 7.33. The summed E-state index contributed by atoms with van der Waals surface area (Å²) in [4.78, 5) is 16.5. The number of carbonyl (C=O) groups is 1. The number of alkyl halides is 3. The number of amides is 1. The molecule has 24 heavy (non-hydrogen) atoms. The van der Waals surface area contributed by atoms with Crippen molar-refractivity contribution in [3.05, 3.63) is 17.7 Å². The van der Waals surface area contributed by atoms with Crippen LogP contribution in [0.1, 0.15) is 18.9 Å². The summed E-state index contributed by atoms with van der Waals surface area (Å²) >= 11 is -0.159. The van der Waals surface area contributed by atoms with Crippen molar-refractivity contribution in [1.82, 2.24) is 0 Å². The molecule has 0 saturated heterocycles. The first-order chi connectivity index (χ1) is 11.3. The largest absolute Gasteiger partial charge is 0.493 e. The Labute approximate surface area is 141 Å². The van der Waals surface area contributed by atoms with Gasteiger partial charge in [-0.1, -0.05) is 11.8 Å². The monoisotopic (exact) mass is 362 g/mol. The van der Waals surface area contributed by atoms with Crippen molar-refractivity contribution in [3.63, 3.8) is 0 Å². The van der Waals surface area contributed by atoms with E-state index in [4.69, 9.17) is 9.47 Å². The molecule has 132 valence electrons. The summed E-state index contributed by atoms with van der Waals surface area (Å²) in [5, 5.41) is 2.70. The van der Waals surface area contributed by atoms with E-state index in [1.54, 1.807) is 19.1 Å². The van der Waals surface area contributed by atoms with Crippen LogP contribution >= 0.6 is 11.8 Å². The number of benzodiazepines with no additional fused rings is 1. The summed E-state index contributed by atoms with van der Waals surface area (Å²) in [6.07, 6.45) is -0.0131. The second-order valence-electron chi connectivity index (χ2n) is 5.03. The van der Waals surface area contributed by atoms with Crippen molar-refractivity contribution in [1.29, 1.82) is 0 Å². The van der Waals surface area contributed by atoms with E-state index >= 15 is 0 Å². The number of anilines is 1. The molecule has 0 radical (unpaired) electrons. The minimum Gasteiger partial charge on any atom is -0.493 e. The highest BCUT2D eigenvalue weighted by molar-refractivity contribution is 8.00. The van der Waals surface area contributed by atoms with E-state index < -0.39 is 17.5 Å². The Bertz CT molecular complexity index is 662. The summed E-state index contributed by atoms with van der Waals surface area (Å²) in [5.41, 5.74) is -2.76. The Balaban J connectivity index is 2.30. The number of aliphatic imine (C=N–C) groups is 1. The standard InChI is InChI=1S/C15H17F3N2O3S/c1-8-12-9(4-5-11(22-2)13(12)23-3)20-14(21)10(19-8)6-7-24-15(16,17)18/h4-5,10H,6-7H2,1-3H3,(H,20,21)/t10-/m0/s1. The molecule has 1 heterocycles. The highest BCUT2D eigenvalue weighted by atomic mass is 32.2. The van der Waals surface area contributed by atoms with E-state index in [1.165, 1.54) is 14.2 Å². The number of fused-ring (bicyclic) bond motifs is 1. The third kappa shape index (κ3) is 4.14. The molecule has 1 aliphatic heterocycles. The quantitative estimate of drug-likeness (QED) is 0.871. The first-order valence-electron chi connectivity index (χ1n) is 7.08. The lowest BCUT2D eigenvalue weighted by atomic mass is 10.1. The van der Waals surface area contributed by atoms with Crippen LogP contribution in [-0.2, 0) is 4.79 Å². The Kier molecular flexibility index (Phi) is 5.63. The number of halogens is 3. The smallest absolute Gasteiger partial charge is 0.441 e. The summed E-state index contributed by atoms with van der Waals surface area (Å²) in [7, 11) is 2.96. The highest BCUT2D eigenvalue weighted by Crippen LogP contribution is 2.38. The number of nitrogens with zero attached hydrogens (tertiary/aromatic N) is 1. The first-order valence-corrected chi connectivity index (χ1v) is 8.06. The van der Waals surface area contributed by atoms with Gasteiger partial charge in [-0.3, -0.25) is 9.79 Å². The maximum atomic E-state index is 12.3. The third-order valence-electron chi connectivity index (χ3n) is 3.47. The van der Waals surface area contributed by atoms with Crippen LogP contribution in [0.25, 0.3) is 0 Å². The van der Waals surface area contributed by atoms with E-state index in [0.717, 1.165) is 0 Å². The maximum Gasteiger partial charge on any atom is 0.441 e. The molecule has 0 aromatic heterocycles. The zero-order valence-corrected chi connectivity index (χ0v) is 14.2. The van der Waals surface area contributed by atoms with Crippen LogP contribution in [0.4, 0.5) is 18.9 Å². The molecule has 1 aliphatic rings. The van der Waals surface area contributed by atoms with Crippen molar-refractivity contribution in [2.45, 2.75) is 24.9 Å². The second-order valence-corrected chi connectivity index (χ2v) is 6.19. The van der Waals surface area contributed by atoms with Crippen LogP contribution in [0.2, 0.25) is 0 Å². The molecule has 2 rings (SSSR count). The van der Waals surface area contributed by atoms with Crippen molar-refractivity contribution in [2.75, 3.05) is 25.3 Å². The van der Waals surface area contributed by atoms with Crippen LogP contribution in [0.3, 0.4) is 0 Å². The molecule has 0 unspecified atom stereocenters. The maximum absolute atomic E-state index is 12.3. The lowest BCUT2D eigenvalue weighted by Gasteiger charge is -2.15. The Morgan fingerprint density at radius 3 is 2.58 bits per heavy atom. The van der Waals surface area contributed by atoms with Gasteiger partial charge in [-0.2, -0.15) is 13.2 Å². The third-order valence-corrected chi connectivity index (χ3v) is 4.24. The summed E-state index contributed by atoms with van der Waals surface area (Å²) in [5.74, 6) is 0.214. The number of rotatable bonds is 5. The van der Waals surface area contributed by atoms with Gasteiger partial charge in [0.2, 0.25) is 5.91 Å². The van der Waals surface area contributed by atoms with Crippen LogP contribution in [0, 0.1) is 0 Å². The summed E-state index contributed by atoms with van der Waals surface area (Å²) < 4.78 is 47.3. The predicted octanol–water partition coefficient (Wildman–Crippen LogP) is 3.48. The van der Waals surface area contributed by atoms with Crippen LogP contribution in [0.5, 0.6) is 11.5 Å². The summed E-state index contributed by atoms with van der Waals surface area (Å²) in [6, 6.07) is 2.41. The molecule has 1 atom stereocenters. The van der Waals surface area contributed by atoms with Gasteiger partial charge >= 0.3 is 5.51 Å². The number of thioether (sulfide) groups is 1. The number of carbonyl (C=O) groups excluding carboxylic acids is 1. The predicted molar refractivity (Wildman–Crippen MR) is 87.3 cm³/mol.